The summed E-state index contributed by atoms with van der Waals surface area (Å²) in [5.74, 6) is 0.324. The van der Waals surface area contributed by atoms with Crippen molar-refractivity contribution in [2.24, 2.45) is 11.8 Å². The van der Waals surface area contributed by atoms with Gasteiger partial charge in [-0.15, -0.1) is 6.58 Å². The number of Topliss-reactive ketones (excluding diaryl/α,β-unsaturated/α-hetero) is 1. The maximum Gasteiger partial charge on any atom is 0.225 e. The minimum atomic E-state index is -0.814. The van der Waals surface area contributed by atoms with E-state index in [0.717, 1.165) is 18.4 Å². The molecular weight excluding hydrogens is 333 g/mol. The highest BCUT2D eigenvalue weighted by Crippen LogP contribution is 2.33. The minimum absolute atomic E-state index is 0.0441. The van der Waals surface area contributed by atoms with Gasteiger partial charge in [-0.3, -0.25) is 9.59 Å². The van der Waals surface area contributed by atoms with Crippen LogP contribution >= 0.6 is 0 Å². The Kier molecular flexibility index (Phi) is 6.41. The van der Waals surface area contributed by atoms with Gasteiger partial charge in [-0.2, -0.15) is 0 Å². The highest BCUT2D eigenvalue weighted by molar-refractivity contribution is 5.96. The summed E-state index contributed by atoms with van der Waals surface area (Å²) in [5.41, 5.74) is 0.745. The van der Waals surface area contributed by atoms with Gasteiger partial charge in [0.05, 0.1) is 18.6 Å². The molecular formula is C21H28FNO3. The number of allylic oxidation sites excluding steroid dienone is 2. The molecule has 2 aliphatic carbocycles. The van der Waals surface area contributed by atoms with Crippen molar-refractivity contribution in [2.45, 2.75) is 63.3 Å². The molecule has 0 spiro atoms. The van der Waals surface area contributed by atoms with Crippen LogP contribution in [-0.4, -0.2) is 36.6 Å². The van der Waals surface area contributed by atoms with Gasteiger partial charge in [-0.05, 0) is 50.0 Å². The standard InChI is InChI=1S/C21H28FNO3/c1-2-13-26-17-9-5-15(6-10-17)20-18(21(25)23-20)11-12-19(24)14-3-7-16(22)8-4-14/h2-3,5,9,15-18,20H,1,4,6-8,10-13H2,(H,23,25)/t15?,16?,17?,18-,20-/m1/s1. The fraction of sp³-hybridized carbons (Fsp3) is 0.619. The van der Waals surface area contributed by atoms with Crippen molar-refractivity contribution in [3.63, 3.8) is 0 Å². The summed E-state index contributed by atoms with van der Waals surface area (Å²) in [5, 5.41) is 3.01. The number of hydrogen-bond donors (Lipinski definition) is 1. The van der Waals surface area contributed by atoms with Crippen molar-refractivity contribution in [1.29, 1.82) is 0 Å². The molecule has 4 nitrogen and oxygen atoms in total. The number of alkyl halides is 1. The second kappa shape index (κ2) is 8.76. The van der Waals surface area contributed by atoms with Gasteiger partial charge in [0.2, 0.25) is 5.91 Å². The molecule has 1 N–H and O–H groups in total. The third kappa shape index (κ3) is 4.50. The lowest BCUT2D eigenvalue weighted by Gasteiger charge is -2.42. The topological polar surface area (TPSA) is 55.4 Å². The highest BCUT2D eigenvalue weighted by Gasteiger charge is 2.43. The van der Waals surface area contributed by atoms with Gasteiger partial charge in [0, 0.05) is 12.5 Å². The Morgan fingerprint density at radius 2 is 2.19 bits per heavy atom. The Bertz CT molecular complexity index is 612. The highest BCUT2D eigenvalue weighted by atomic mass is 19.1. The van der Waals surface area contributed by atoms with E-state index in [-0.39, 0.29) is 29.8 Å². The van der Waals surface area contributed by atoms with Gasteiger partial charge < -0.3 is 10.1 Å². The molecule has 3 rings (SSSR count). The number of β-lactam (4-membered cyclic amide) rings is 1. The largest absolute Gasteiger partial charge is 0.370 e. The predicted molar refractivity (Wildman–Crippen MR) is 98.3 cm³/mol. The van der Waals surface area contributed by atoms with Crippen LogP contribution in [0.15, 0.2) is 36.5 Å². The van der Waals surface area contributed by atoms with E-state index in [0.29, 0.717) is 44.6 Å². The zero-order chi connectivity index (χ0) is 18.5. The van der Waals surface area contributed by atoms with Crippen LogP contribution in [0.25, 0.3) is 0 Å². The summed E-state index contributed by atoms with van der Waals surface area (Å²) < 4.78 is 18.8. The first-order chi connectivity index (χ1) is 12.6. The molecule has 3 aliphatic rings. The Hall–Kier alpha value is -1.75. The number of ether oxygens (including phenoxy) is 1. The van der Waals surface area contributed by atoms with E-state index >= 15 is 0 Å². The number of carbonyl (C=O) groups excluding carboxylic acids is 2. The van der Waals surface area contributed by atoms with Gasteiger partial charge in [-0.1, -0.05) is 24.3 Å². The average molecular weight is 361 g/mol. The molecule has 26 heavy (non-hydrogen) atoms. The maximum absolute atomic E-state index is 13.2. The van der Waals surface area contributed by atoms with Gasteiger partial charge >= 0.3 is 0 Å². The van der Waals surface area contributed by atoms with Crippen molar-refractivity contribution >= 4 is 11.7 Å². The van der Waals surface area contributed by atoms with Crippen molar-refractivity contribution in [1.82, 2.24) is 5.32 Å². The fourth-order valence-corrected chi connectivity index (χ4v) is 4.10. The van der Waals surface area contributed by atoms with Gasteiger partial charge in [0.15, 0.2) is 5.78 Å². The molecule has 0 aromatic carbocycles. The monoisotopic (exact) mass is 361 g/mol. The van der Waals surface area contributed by atoms with Crippen LogP contribution in [0.5, 0.6) is 0 Å². The molecule has 142 valence electrons. The number of amides is 1. The van der Waals surface area contributed by atoms with Gasteiger partial charge in [-0.25, -0.2) is 4.39 Å². The first-order valence-corrected chi connectivity index (χ1v) is 9.66. The number of rotatable bonds is 8. The van der Waals surface area contributed by atoms with Crippen LogP contribution < -0.4 is 5.32 Å². The number of nitrogens with one attached hydrogen (secondary N) is 1. The predicted octanol–water partition coefficient (Wildman–Crippen LogP) is 3.44. The van der Waals surface area contributed by atoms with E-state index in [4.69, 9.17) is 4.74 Å². The molecule has 0 aromatic heterocycles. The molecule has 5 heteroatoms. The summed E-state index contributed by atoms with van der Waals surface area (Å²) in [6, 6.07) is 0.113. The second-order valence-electron chi connectivity index (χ2n) is 7.49. The maximum atomic E-state index is 13.2. The molecule has 0 radical (unpaired) electrons. The first-order valence-electron chi connectivity index (χ1n) is 9.66. The Labute approximate surface area is 154 Å². The molecule has 0 aromatic rings. The smallest absolute Gasteiger partial charge is 0.225 e. The van der Waals surface area contributed by atoms with Crippen molar-refractivity contribution < 1.29 is 18.7 Å². The van der Waals surface area contributed by atoms with E-state index in [2.05, 4.69) is 24.0 Å². The third-order valence-corrected chi connectivity index (χ3v) is 5.71. The summed E-state index contributed by atoms with van der Waals surface area (Å²) in [7, 11) is 0. The van der Waals surface area contributed by atoms with E-state index in [1.807, 2.05) is 0 Å². The summed E-state index contributed by atoms with van der Waals surface area (Å²) in [6.07, 6.45) is 11.2. The minimum Gasteiger partial charge on any atom is -0.370 e. The lowest BCUT2D eigenvalue weighted by atomic mass is 9.74. The van der Waals surface area contributed by atoms with Crippen LogP contribution in [-0.2, 0) is 14.3 Å². The lowest BCUT2D eigenvalue weighted by Crippen LogP contribution is -2.61. The number of ketones is 1. The molecule has 5 atom stereocenters. The van der Waals surface area contributed by atoms with Crippen molar-refractivity contribution in [3.05, 3.63) is 36.5 Å². The average Bonchev–Trinajstić information content (AvgIpc) is 2.65. The fourth-order valence-electron chi connectivity index (χ4n) is 4.10. The molecule has 1 saturated heterocycles. The zero-order valence-electron chi connectivity index (χ0n) is 15.2. The molecule has 1 heterocycles. The first kappa shape index (κ1) is 19.0. The molecule has 1 fully saturated rings. The normalized spacial score (nSPS) is 33.8. The summed E-state index contributed by atoms with van der Waals surface area (Å²) in [6.45, 7) is 4.20. The van der Waals surface area contributed by atoms with Crippen molar-refractivity contribution in [3.8, 4) is 0 Å². The van der Waals surface area contributed by atoms with Gasteiger partial charge in [0.1, 0.15) is 6.17 Å². The molecule has 3 unspecified atom stereocenters. The van der Waals surface area contributed by atoms with E-state index in [9.17, 15) is 14.0 Å². The van der Waals surface area contributed by atoms with Crippen LogP contribution in [0, 0.1) is 11.8 Å². The van der Waals surface area contributed by atoms with Gasteiger partial charge in [0.25, 0.3) is 0 Å². The van der Waals surface area contributed by atoms with Crippen LogP contribution in [0.2, 0.25) is 0 Å². The van der Waals surface area contributed by atoms with E-state index in [1.54, 1.807) is 12.2 Å². The molecule has 1 aliphatic heterocycles. The molecule has 1 amide bonds. The quantitative estimate of drug-likeness (QED) is 0.532. The number of carbonyl (C=O) groups is 2. The number of halogens is 1. The molecule has 0 bridgehead atoms. The summed E-state index contributed by atoms with van der Waals surface area (Å²) in [4.78, 5) is 24.3. The SMILES string of the molecule is C=CCOC1C=CC([C@H]2NC(=O)[C@@H]2CCC(=O)C2=CCC(F)CC2)CC1. The lowest BCUT2D eigenvalue weighted by molar-refractivity contribution is -0.137. The Balaban J connectivity index is 1.48. The number of hydrogen-bond acceptors (Lipinski definition) is 3. The zero-order valence-corrected chi connectivity index (χ0v) is 15.2. The van der Waals surface area contributed by atoms with E-state index < -0.39 is 6.17 Å². The van der Waals surface area contributed by atoms with Crippen LogP contribution in [0.3, 0.4) is 0 Å². The van der Waals surface area contributed by atoms with Crippen molar-refractivity contribution in [2.75, 3.05) is 6.61 Å². The second-order valence-corrected chi connectivity index (χ2v) is 7.49. The Morgan fingerprint density at radius 3 is 2.81 bits per heavy atom. The summed E-state index contributed by atoms with van der Waals surface area (Å²) >= 11 is 0. The third-order valence-electron chi connectivity index (χ3n) is 5.71. The van der Waals surface area contributed by atoms with Crippen LogP contribution in [0.4, 0.5) is 4.39 Å². The van der Waals surface area contributed by atoms with Crippen LogP contribution in [0.1, 0.15) is 44.9 Å². The Morgan fingerprint density at radius 1 is 1.35 bits per heavy atom. The van der Waals surface area contributed by atoms with E-state index in [1.165, 1.54) is 0 Å². The molecule has 0 saturated carbocycles.